The Morgan fingerprint density at radius 1 is 1.50 bits per heavy atom. The number of allylic oxidation sites excluding steroid dienone is 1. The van der Waals surface area contributed by atoms with Gasteiger partial charge in [0.2, 0.25) is 0 Å². The number of aliphatic hydroxyl groups excluding tert-OH is 3. The van der Waals surface area contributed by atoms with Crippen molar-refractivity contribution in [2.24, 2.45) is 5.73 Å². The first-order valence-corrected chi connectivity index (χ1v) is 3.85. The fourth-order valence-electron chi connectivity index (χ4n) is 1.20. The molecule has 0 aliphatic heterocycles. The largest absolute Gasteiger partial charge is 0.506 e. The lowest BCUT2D eigenvalue weighted by Crippen LogP contribution is -2.18. The lowest BCUT2D eigenvalue weighted by atomic mass is 9.98. The van der Waals surface area contributed by atoms with Gasteiger partial charge in [-0.1, -0.05) is 5.57 Å². The van der Waals surface area contributed by atoms with Crippen LogP contribution in [0.3, 0.4) is 0 Å². The van der Waals surface area contributed by atoms with Crippen molar-refractivity contribution in [1.82, 2.24) is 0 Å². The van der Waals surface area contributed by atoms with Gasteiger partial charge in [0.25, 0.3) is 0 Å². The van der Waals surface area contributed by atoms with Crippen LogP contribution in [0.15, 0.2) is 23.2 Å². The summed E-state index contributed by atoms with van der Waals surface area (Å²) in [5, 5.41) is 27.3. The fourth-order valence-corrected chi connectivity index (χ4v) is 1.20. The van der Waals surface area contributed by atoms with Crippen LogP contribution in [0.4, 0.5) is 0 Å². The van der Waals surface area contributed by atoms with Gasteiger partial charge < -0.3 is 21.1 Å². The third kappa shape index (κ3) is 1.78. The average Bonchev–Trinajstić information content (AvgIpc) is 2.01. The quantitative estimate of drug-likeness (QED) is 0.483. The highest BCUT2D eigenvalue weighted by atomic mass is 16.3. The summed E-state index contributed by atoms with van der Waals surface area (Å²) >= 11 is 0. The van der Waals surface area contributed by atoms with Crippen LogP contribution in [0.1, 0.15) is 12.8 Å². The third-order valence-corrected chi connectivity index (χ3v) is 1.84. The summed E-state index contributed by atoms with van der Waals surface area (Å²) < 4.78 is 0. The molecule has 1 atom stereocenters. The standard InChI is InChI=1S/C8H13NO3/c9-2-1-5-3-6(10)8(12)7(11)4-5/h3,7,10-12H,1-2,4,9H2. The molecule has 1 aliphatic rings. The van der Waals surface area contributed by atoms with E-state index in [9.17, 15) is 5.11 Å². The number of aliphatic hydroxyl groups is 3. The summed E-state index contributed by atoms with van der Waals surface area (Å²) in [6, 6.07) is 0. The maximum absolute atomic E-state index is 9.20. The van der Waals surface area contributed by atoms with Crippen molar-refractivity contribution in [2.45, 2.75) is 18.9 Å². The smallest absolute Gasteiger partial charge is 0.163 e. The zero-order valence-electron chi connectivity index (χ0n) is 6.70. The number of hydrogen-bond donors (Lipinski definition) is 4. The van der Waals surface area contributed by atoms with Crippen LogP contribution in [0.25, 0.3) is 0 Å². The van der Waals surface area contributed by atoms with Gasteiger partial charge in [0.05, 0.1) is 0 Å². The van der Waals surface area contributed by atoms with E-state index in [-0.39, 0.29) is 11.5 Å². The Kier molecular flexibility index (Phi) is 2.73. The highest BCUT2D eigenvalue weighted by Gasteiger charge is 2.20. The van der Waals surface area contributed by atoms with Crippen LogP contribution in [-0.2, 0) is 0 Å². The molecule has 4 nitrogen and oxygen atoms in total. The topological polar surface area (TPSA) is 86.7 Å². The van der Waals surface area contributed by atoms with E-state index in [1.54, 1.807) is 0 Å². The second-order valence-electron chi connectivity index (χ2n) is 2.83. The predicted molar refractivity (Wildman–Crippen MR) is 44.7 cm³/mol. The summed E-state index contributed by atoms with van der Waals surface area (Å²) in [5.74, 6) is -0.604. The lowest BCUT2D eigenvalue weighted by molar-refractivity contribution is 0.136. The second-order valence-corrected chi connectivity index (χ2v) is 2.83. The Morgan fingerprint density at radius 2 is 2.17 bits per heavy atom. The Bertz CT molecular complexity index is 232. The third-order valence-electron chi connectivity index (χ3n) is 1.84. The van der Waals surface area contributed by atoms with Crippen molar-refractivity contribution >= 4 is 0 Å². The molecule has 0 saturated heterocycles. The molecule has 1 aliphatic carbocycles. The molecule has 0 heterocycles. The van der Waals surface area contributed by atoms with E-state index in [1.165, 1.54) is 6.08 Å². The number of nitrogens with two attached hydrogens (primary N) is 1. The number of rotatable bonds is 2. The van der Waals surface area contributed by atoms with Gasteiger partial charge in [-0.25, -0.2) is 0 Å². The summed E-state index contributed by atoms with van der Waals surface area (Å²) in [6.45, 7) is 0.479. The van der Waals surface area contributed by atoms with Crippen LogP contribution in [0.2, 0.25) is 0 Å². The van der Waals surface area contributed by atoms with Crippen LogP contribution in [-0.4, -0.2) is 28.0 Å². The molecule has 5 N–H and O–H groups in total. The van der Waals surface area contributed by atoms with Gasteiger partial charge in [0, 0.05) is 6.42 Å². The van der Waals surface area contributed by atoms with Crippen molar-refractivity contribution < 1.29 is 15.3 Å². The molecule has 1 unspecified atom stereocenters. The van der Waals surface area contributed by atoms with Crippen LogP contribution < -0.4 is 5.73 Å². The molecule has 12 heavy (non-hydrogen) atoms. The monoisotopic (exact) mass is 171 g/mol. The number of hydrogen-bond acceptors (Lipinski definition) is 4. The highest BCUT2D eigenvalue weighted by Crippen LogP contribution is 2.22. The Balaban J connectivity index is 2.76. The van der Waals surface area contributed by atoms with E-state index in [0.717, 1.165) is 5.57 Å². The molecular formula is C8H13NO3. The van der Waals surface area contributed by atoms with Gasteiger partial charge in [-0.15, -0.1) is 0 Å². The van der Waals surface area contributed by atoms with Crippen LogP contribution in [0.5, 0.6) is 0 Å². The molecule has 0 aromatic rings. The van der Waals surface area contributed by atoms with Gasteiger partial charge in [-0.3, -0.25) is 0 Å². The summed E-state index contributed by atoms with van der Waals surface area (Å²) in [5.41, 5.74) is 6.16. The second kappa shape index (κ2) is 3.60. The van der Waals surface area contributed by atoms with Gasteiger partial charge in [-0.05, 0) is 19.0 Å². The summed E-state index contributed by atoms with van der Waals surface area (Å²) in [7, 11) is 0. The lowest BCUT2D eigenvalue weighted by Gasteiger charge is -2.17. The van der Waals surface area contributed by atoms with Crippen molar-refractivity contribution in [1.29, 1.82) is 0 Å². The van der Waals surface area contributed by atoms with E-state index >= 15 is 0 Å². The first-order chi connectivity index (χ1) is 5.65. The molecule has 0 saturated carbocycles. The molecule has 0 aromatic carbocycles. The maximum atomic E-state index is 9.20. The minimum absolute atomic E-state index is 0.253. The van der Waals surface area contributed by atoms with Gasteiger partial charge in [0.1, 0.15) is 6.10 Å². The Hall–Kier alpha value is -1.00. The Morgan fingerprint density at radius 3 is 2.67 bits per heavy atom. The van der Waals surface area contributed by atoms with Crippen molar-refractivity contribution in [3.05, 3.63) is 23.2 Å². The van der Waals surface area contributed by atoms with Crippen LogP contribution in [0, 0.1) is 0 Å². The first kappa shape index (κ1) is 9.09. The molecule has 0 radical (unpaired) electrons. The summed E-state index contributed by atoms with van der Waals surface area (Å²) in [4.78, 5) is 0. The Labute approximate surface area is 70.6 Å². The minimum Gasteiger partial charge on any atom is -0.506 e. The molecule has 4 heteroatoms. The van der Waals surface area contributed by atoms with Crippen LogP contribution >= 0.6 is 0 Å². The highest BCUT2D eigenvalue weighted by molar-refractivity contribution is 5.28. The first-order valence-electron chi connectivity index (χ1n) is 3.85. The normalized spacial score (nSPS) is 24.2. The SMILES string of the molecule is NCCC1=CC(O)=C(O)C(O)C1. The molecule has 0 spiro atoms. The molecule has 0 amide bonds. The van der Waals surface area contributed by atoms with E-state index in [0.29, 0.717) is 19.4 Å². The zero-order chi connectivity index (χ0) is 9.14. The molecule has 0 fully saturated rings. The fraction of sp³-hybridized carbons (Fsp3) is 0.500. The molecule has 0 aromatic heterocycles. The van der Waals surface area contributed by atoms with E-state index < -0.39 is 6.10 Å². The van der Waals surface area contributed by atoms with Gasteiger partial charge in [-0.2, -0.15) is 0 Å². The van der Waals surface area contributed by atoms with Crippen molar-refractivity contribution in [3.63, 3.8) is 0 Å². The average molecular weight is 171 g/mol. The zero-order valence-corrected chi connectivity index (χ0v) is 6.70. The van der Waals surface area contributed by atoms with Crippen molar-refractivity contribution in [2.75, 3.05) is 6.54 Å². The molecular weight excluding hydrogens is 158 g/mol. The maximum Gasteiger partial charge on any atom is 0.163 e. The van der Waals surface area contributed by atoms with E-state index in [2.05, 4.69) is 0 Å². The predicted octanol–water partition coefficient (Wildman–Crippen LogP) is 0.354. The molecule has 68 valence electrons. The molecule has 1 rings (SSSR count). The van der Waals surface area contributed by atoms with Crippen molar-refractivity contribution in [3.8, 4) is 0 Å². The van der Waals surface area contributed by atoms with E-state index in [4.69, 9.17) is 15.9 Å². The van der Waals surface area contributed by atoms with Gasteiger partial charge in [0.15, 0.2) is 11.5 Å². The van der Waals surface area contributed by atoms with E-state index in [1.807, 2.05) is 0 Å². The summed E-state index contributed by atoms with van der Waals surface area (Å²) in [6.07, 6.45) is 1.47. The minimum atomic E-state index is -0.975. The van der Waals surface area contributed by atoms with Gasteiger partial charge >= 0.3 is 0 Å². The molecule has 0 bridgehead atoms.